The van der Waals surface area contributed by atoms with Crippen LogP contribution >= 0.6 is 0 Å². The van der Waals surface area contributed by atoms with Crippen LogP contribution in [0.3, 0.4) is 0 Å². The zero-order valence-electron chi connectivity index (χ0n) is 18.6. The fourth-order valence-corrected chi connectivity index (χ4v) is 5.66. The monoisotopic (exact) mass is 451 g/mol. The minimum atomic E-state index is -0.792. The first-order valence-corrected chi connectivity index (χ1v) is 11.6. The van der Waals surface area contributed by atoms with Crippen molar-refractivity contribution in [3.63, 3.8) is 0 Å². The molecular formula is C29H25NO4. The molecule has 5 nitrogen and oxygen atoms in total. The number of carbonyl (C=O) groups is 2. The maximum Gasteiger partial charge on any atom is 0.313 e. The average molecular weight is 452 g/mol. The summed E-state index contributed by atoms with van der Waals surface area (Å²) >= 11 is 0. The van der Waals surface area contributed by atoms with Gasteiger partial charge in [-0.1, -0.05) is 103 Å². The van der Waals surface area contributed by atoms with E-state index in [1.165, 1.54) is 0 Å². The van der Waals surface area contributed by atoms with Crippen molar-refractivity contribution in [2.24, 2.45) is 11.8 Å². The Morgan fingerprint density at radius 1 is 0.941 bits per heavy atom. The standard InChI is InChI=1S/C29H25NO4/c31-27-25-24(28(32)33-18-20-10-4-1-5-11-20)23-16-17-29(25,34-23)19-30(27)26(21-12-6-2-7-13-21)22-14-8-3-9-15-22/h1-17,23-26H,18-19H2/t23-,24+,25+,29-/m1/s1. The molecule has 0 N–H and O–H groups in total. The van der Waals surface area contributed by atoms with Gasteiger partial charge >= 0.3 is 5.97 Å². The highest BCUT2D eigenvalue weighted by Crippen LogP contribution is 2.54. The summed E-state index contributed by atoms with van der Waals surface area (Å²) in [5, 5.41) is 0. The molecule has 3 aliphatic rings. The lowest BCUT2D eigenvalue weighted by Crippen LogP contribution is -2.40. The minimum absolute atomic E-state index is 0.0637. The van der Waals surface area contributed by atoms with Gasteiger partial charge in [0.25, 0.3) is 0 Å². The molecule has 1 spiro atoms. The maximum atomic E-state index is 14.0. The molecule has 3 aliphatic heterocycles. The molecule has 0 aliphatic carbocycles. The number of esters is 1. The molecule has 2 fully saturated rings. The van der Waals surface area contributed by atoms with Crippen molar-refractivity contribution >= 4 is 11.9 Å². The van der Waals surface area contributed by atoms with E-state index in [0.717, 1.165) is 16.7 Å². The van der Waals surface area contributed by atoms with E-state index in [4.69, 9.17) is 9.47 Å². The van der Waals surface area contributed by atoms with Crippen molar-refractivity contribution in [1.29, 1.82) is 0 Å². The van der Waals surface area contributed by atoms with Crippen LogP contribution in [0.25, 0.3) is 0 Å². The zero-order valence-corrected chi connectivity index (χ0v) is 18.6. The van der Waals surface area contributed by atoms with Crippen molar-refractivity contribution < 1.29 is 19.1 Å². The predicted octanol–water partition coefficient (Wildman–Crippen LogP) is 4.30. The topological polar surface area (TPSA) is 55.8 Å². The van der Waals surface area contributed by atoms with Gasteiger partial charge in [-0.3, -0.25) is 9.59 Å². The van der Waals surface area contributed by atoms with E-state index in [0.29, 0.717) is 6.54 Å². The van der Waals surface area contributed by atoms with Gasteiger partial charge < -0.3 is 14.4 Å². The summed E-state index contributed by atoms with van der Waals surface area (Å²) in [6, 6.07) is 29.3. The van der Waals surface area contributed by atoms with Crippen molar-refractivity contribution in [2.45, 2.75) is 24.4 Å². The number of rotatable bonds is 6. The summed E-state index contributed by atoms with van der Waals surface area (Å²) in [4.78, 5) is 29.0. The molecule has 4 atom stereocenters. The van der Waals surface area contributed by atoms with Gasteiger partial charge in [0, 0.05) is 0 Å². The summed E-state index contributed by atoms with van der Waals surface area (Å²) < 4.78 is 12.0. The van der Waals surface area contributed by atoms with Crippen molar-refractivity contribution in [2.75, 3.05) is 6.54 Å². The fraction of sp³-hybridized carbons (Fsp3) is 0.241. The molecule has 34 heavy (non-hydrogen) atoms. The Balaban J connectivity index is 1.31. The number of hydrogen-bond donors (Lipinski definition) is 0. The van der Waals surface area contributed by atoms with Crippen LogP contribution in [0.1, 0.15) is 22.7 Å². The lowest BCUT2D eigenvalue weighted by Gasteiger charge is -2.31. The van der Waals surface area contributed by atoms with Gasteiger partial charge in [0.05, 0.1) is 24.6 Å². The maximum absolute atomic E-state index is 14.0. The molecule has 0 aromatic heterocycles. The van der Waals surface area contributed by atoms with Gasteiger partial charge in [-0.15, -0.1) is 0 Å². The lowest BCUT2D eigenvalue weighted by molar-refractivity contribution is -0.155. The normalized spacial score (nSPS) is 26.8. The molecule has 1 amide bonds. The van der Waals surface area contributed by atoms with Crippen LogP contribution in [-0.4, -0.2) is 35.0 Å². The Kier molecular flexibility index (Phi) is 5.07. The second-order valence-electron chi connectivity index (χ2n) is 9.18. The van der Waals surface area contributed by atoms with Crippen molar-refractivity contribution in [3.8, 4) is 0 Å². The quantitative estimate of drug-likeness (QED) is 0.414. The van der Waals surface area contributed by atoms with Gasteiger partial charge in [-0.05, 0) is 16.7 Å². The van der Waals surface area contributed by atoms with Gasteiger partial charge in [0.2, 0.25) is 5.91 Å². The Labute approximate surface area is 198 Å². The van der Waals surface area contributed by atoms with Crippen LogP contribution in [0.2, 0.25) is 0 Å². The first-order valence-electron chi connectivity index (χ1n) is 11.6. The van der Waals surface area contributed by atoms with Gasteiger partial charge in [0.1, 0.15) is 18.1 Å². The molecule has 3 heterocycles. The molecule has 170 valence electrons. The molecule has 3 aromatic carbocycles. The van der Waals surface area contributed by atoms with Crippen LogP contribution in [0, 0.1) is 11.8 Å². The minimum Gasteiger partial charge on any atom is -0.460 e. The number of carbonyl (C=O) groups excluding carboxylic acids is 2. The molecule has 2 bridgehead atoms. The van der Waals surface area contributed by atoms with E-state index in [2.05, 4.69) is 0 Å². The van der Waals surface area contributed by atoms with Gasteiger partial charge in [0.15, 0.2) is 0 Å². The summed E-state index contributed by atoms with van der Waals surface area (Å²) in [5.41, 5.74) is 2.18. The van der Waals surface area contributed by atoms with Crippen LogP contribution < -0.4 is 0 Å². The average Bonchev–Trinajstić information content (AvgIpc) is 3.53. The third-order valence-electron chi connectivity index (χ3n) is 7.17. The summed E-state index contributed by atoms with van der Waals surface area (Å²) in [6.07, 6.45) is 3.47. The molecule has 6 rings (SSSR count). The van der Waals surface area contributed by atoms with Crippen LogP contribution in [0.15, 0.2) is 103 Å². The second-order valence-corrected chi connectivity index (χ2v) is 9.18. The van der Waals surface area contributed by atoms with E-state index in [1.54, 1.807) is 0 Å². The molecule has 3 aromatic rings. The van der Waals surface area contributed by atoms with Crippen molar-refractivity contribution in [3.05, 3.63) is 120 Å². The number of ether oxygens (including phenoxy) is 2. The smallest absolute Gasteiger partial charge is 0.313 e. The molecule has 0 saturated carbocycles. The largest absolute Gasteiger partial charge is 0.460 e. The third-order valence-corrected chi connectivity index (χ3v) is 7.17. The molecule has 2 saturated heterocycles. The van der Waals surface area contributed by atoms with E-state index in [9.17, 15) is 9.59 Å². The first-order chi connectivity index (χ1) is 16.7. The van der Waals surface area contributed by atoms with Crippen LogP contribution in [-0.2, 0) is 25.7 Å². The Morgan fingerprint density at radius 3 is 2.15 bits per heavy atom. The second kappa shape index (κ2) is 8.26. The van der Waals surface area contributed by atoms with Crippen LogP contribution in [0.4, 0.5) is 0 Å². The summed E-state index contributed by atoms with van der Waals surface area (Å²) in [6.45, 7) is 0.585. The Bertz CT molecular complexity index is 1190. The number of nitrogens with zero attached hydrogens (tertiary/aromatic N) is 1. The number of fused-ring (bicyclic) bond motifs is 1. The molecule has 5 heteroatoms. The first kappa shape index (κ1) is 20.9. The van der Waals surface area contributed by atoms with Gasteiger partial charge in [-0.25, -0.2) is 0 Å². The SMILES string of the molecule is O=C(OCc1ccccc1)[C@@H]1[C@H]2C(=O)N(C(c3ccccc3)c3ccccc3)C[C@]23C=C[C@H]1O3. The van der Waals surface area contributed by atoms with Crippen molar-refractivity contribution in [1.82, 2.24) is 4.90 Å². The summed E-state index contributed by atoms with van der Waals surface area (Å²) in [5.74, 6) is -1.67. The van der Waals surface area contributed by atoms with E-state index < -0.39 is 23.5 Å². The van der Waals surface area contributed by atoms with E-state index >= 15 is 0 Å². The van der Waals surface area contributed by atoms with E-state index in [1.807, 2.05) is 108 Å². The lowest BCUT2D eigenvalue weighted by atomic mass is 9.77. The van der Waals surface area contributed by atoms with E-state index in [-0.39, 0.29) is 24.5 Å². The highest BCUT2D eigenvalue weighted by molar-refractivity contribution is 5.91. The number of benzene rings is 3. The Hall–Kier alpha value is -3.70. The number of amides is 1. The highest BCUT2D eigenvalue weighted by Gasteiger charge is 2.68. The summed E-state index contributed by atoms with van der Waals surface area (Å²) in [7, 11) is 0. The van der Waals surface area contributed by atoms with Crippen LogP contribution in [0.5, 0.6) is 0 Å². The molecule has 0 unspecified atom stereocenters. The molecular weight excluding hydrogens is 426 g/mol. The molecule has 0 radical (unpaired) electrons. The number of likely N-dealkylation sites (tertiary alicyclic amines) is 1. The predicted molar refractivity (Wildman–Crippen MR) is 126 cm³/mol. The highest BCUT2D eigenvalue weighted by atomic mass is 16.6. The van der Waals surface area contributed by atoms with Gasteiger partial charge in [-0.2, -0.15) is 0 Å². The third kappa shape index (κ3) is 3.35. The Morgan fingerprint density at radius 2 is 1.53 bits per heavy atom. The zero-order chi connectivity index (χ0) is 23.1. The number of hydrogen-bond acceptors (Lipinski definition) is 4. The fourth-order valence-electron chi connectivity index (χ4n) is 5.66.